The van der Waals surface area contributed by atoms with Gasteiger partial charge >= 0.3 is 17.9 Å². The summed E-state index contributed by atoms with van der Waals surface area (Å²) >= 11 is 0. The molecule has 0 N–H and O–H groups in total. The summed E-state index contributed by atoms with van der Waals surface area (Å²) < 4.78 is 17.0. The van der Waals surface area contributed by atoms with E-state index >= 15 is 0 Å². The first-order chi connectivity index (χ1) is 37.0. The van der Waals surface area contributed by atoms with E-state index in [0.717, 1.165) is 83.5 Å². The molecular weight excluding hydrogens is 925 g/mol. The zero-order chi connectivity index (χ0) is 54.3. The van der Waals surface area contributed by atoms with Crippen LogP contribution in [0.2, 0.25) is 0 Å². The number of esters is 3. The summed E-state index contributed by atoms with van der Waals surface area (Å²) in [4.78, 5) is 38.3. The van der Waals surface area contributed by atoms with Crippen LogP contribution in [-0.2, 0) is 28.6 Å². The van der Waals surface area contributed by atoms with Gasteiger partial charge in [-0.05, 0) is 77.0 Å². The van der Waals surface area contributed by atoms with Crippen LogP contribution < -0.4 is 0 Å². The third kappa shape index (κ3) is 62.1. The van der Waals surface area contributed by atoms with Crippen molar-refractivity contribution in [3.05, 3.63) is 48.6 Å². The standard InChI is InChI=1S/C69H126O6/c1-4-7-10-13-16-19-22-25-28-30-32-34-35-36-38-39-41-44-47-50-53-56-59-62-68(71)74-65-66(64-73-67(70)61-58-55-52-49-46-43-27-24-21-18-15-12-9-6-3)75-69(72)63-60-57-54-51-48-45-42-40-37-33-31-29-26-23-20-17-14-11-8-5-2/h15,18,22,24-25,27,30,32,66H,4-14,16-17,19-21,23,26,28-29,31,33-65H2,1-3H3/b18-15-,25-22-,27-24-,32-30-. The summed E-state index contributed by atoms with van der Waals surface area (Å²) in [6, 6.07) is 0. The van der Waals surface area contributed by atoms with Gasteiger partial charge in [-0.15, -0.1) is 0 Å². The van der Waals surface area contributed by atoms with Crippen LogP contribution in [0.25, 0.3) is 0 Å². The van der Waals surface area contributed by atoms with Gasteiger partial charge in [0.25, 0.3) is 0 Å². The molecule has 1 unspecified atom stereocenters. The number of carbonyl (C=O) groups is 3. The first kappa shape index (κ1) is 72.4. The van der Waals surface area contributed by atoms with E-state index in [9.17, 15) is 14.4 Å². The minimum atomic E-state index is -0.778. The maximum Gasteiger partial charge on any atom is 0.306 e. The molecule has 0 saturated heterocycles. The Hall–Kier alpha value is -2.63. The van der Waals surface area contributed by atoms with Crippen LogP contribution in [-0.4, -0.2) is 37.2 Å². The monoisotopic (exact) mass is 1050 g/mol. The molecule has 0 aliphatic heterocycles. The van der Waals surface area contributed by atoms with E-state index in [-0.39, 0.29) is 31.1 Å². The van der Waals surface area contributed by atoms with E-state index in [0.29, 0.717) is 19.3 Å². The number of carbonyl (C=O) groups excluding carboxylic acids is 3. The zero-order valence-electron chi connectivity index (χ0n) is 50.3. The van der Waals surface area contributed by atoms with Crippen molar-refractivity contribution in [1.82, 2.24) is 0 Å². The molecule has 0 bridgehead atoms. The molecule has 0 aromatic rings. The van der Waals surface area contributed by atoms with Crippen molar-refractivity contribution in [1.29, 1.82) is 0 Å². The van der Waals surface area contributed by atoms with Crippen LogP contribution in [0.5, 0.6) is 0 Å². The van der Waals surface area contributed by atoms with Crippen molar-refractivity contribution in [2.24, 2.45) is 0 Å². The number of unbranched alkanes of at least 4 members (excludes halogenated alkanes) is 42. The molecular formula is C69H126O6. The summed E-state index contributed by atoms with van der Waals surface area (Å²) in [7, 11) is 0. The minimum absolute atomic E-state index is 0.0750. The molecule has 0 fully saturated rings. The average molecular weight is 1050 g/mol. The van der Waals surface area contributed by atoms with Crippen molar-refractivity contribution < 1.29 is 28.6 Å². The van der Waals surface area contributed by atoms with Crippen molar-refractivity contribution >= 4 is 17.9 Å². The lowest BCUT2D eigenvalue weighted by atomic mass is 10.0. The molecule has 75 heavy (non-hydrogen) atoms. The Morgan fingerprint density at radius 2 is 0.493 bits per heavy atom. The minimum Gasteiger partial charge on any atom is -0.462 e. The SMILES string of the molecule is CCCC/C=C\C/C=C\CCCCCCCC(=O)OCC(COC(=O)CCCCCCCCCCCCC/C=C\C/C=C\CCCCCCC)OC(=O)CCCCCCCCCCCCCCCCCCCCCC. The highest BCUT2D eigenvalue weighted by Gasteiger charge is 2.19. The summed E-state index contributed by atoms with van der Waals surface area (Å²) in [5.74, 6) is -0.868. The Balaban J connectivity index is 4.30. The van der Waals surface area contributed by atoms with E-state index in [1.165, 1.54) is 231 Å². The Labute approximate surface area is 467 Å². The molecule has 0 aromatic carbocycles. The smallest absolute Gasteiger partial charge is 0.306 e. The van der Waals surface area contributed by atoms with Gasteiger partial charge in [-0.2, -0.15) is 0 Å². The molecule has 6 heteroatoms. The van der Waals surface area contributed by atoms with Gasteiger partial charge < -0.3 is 14.2 Å². The summed E-state index contributed by atoms with van der Waals surface area (Å²) in [6.45, 7) is 6.64. The molecule has 0 rings (SSSR count). The van der Waals surface area contributed by atoms with Crippen molar-refractivity contribution in [3.8, 4) is 0 Å². The van der Waals surface area contributed by atoms with Crippen molar-refractivity contribution in [2.45, 2.75) is 361 Å². The highest BCUT2D eigenvalue weighted by molar-refractivity contribution is 5.71. The lowest BCUT2D eigenvalue weighted by molar-refractivity contribution is -0.167. The third-order valence-corrected chi connectivity index (χ3v) is 14.8. The van der Waals surface area contributed by atoms with Gasteiger partial charge in [-0.3, -0.25) is 14.4 Å². The predicted octanol–water partition coefficient (Wildman–Crippen LogP) is 22.6. The molecule has 0 spiro atoms. The van der Waals surface area contributed by atoms with Crippen LogP contribution in [0.15, 0.2) is 48.6 Å². The lowest BCUT2D eigenvalue weighted by Crippen LogP contribution is -2.30. The van der Waals surface area contributed by atoms with Crippen LogP contribution in [0, 0.1) is 0 Å². The summed E-state index contributed by atoms with van der Waals surface area (Å²) in [5.41, 5.74) is 0. The highest BCUT2D eigenvalue weighted by atomic mass is 16.6. The van der Waals surface area contributed by atoms with Crippen molar-refractivity contribution in [2.75, 3.05) is 13.2 Å². The normalized spacial score (nSPS) is 12.3. The number of hydrogen-bond donors (Lipinski definition) is 0. The number of rotatable bonds is 61. The molecule has 438 valence electrons. The van der Waals surface area contributed by atoms with Gasteiger partial charge in [0.1, 0.15) is 13.2 Å². The number of ether oxygens (including phenoxy) is 3. The fourth-order valence-electron chi connectivity index (χ4n) is 9.79. The first-order valence-electron chi connectivity index (χ1n) is 33.1. The average Bonchev–Trinajstić information content (AvgIpc) is 3.41. The van der Waals surface area contributed by atoms with E-state index in [1.807, 2.05) is 0 Å². The van der Waals surface area contributed by atoms with E-state index in [1.54, 1.807) is 0 Å². The largest absolute Gasteiger partial charge is 0.462 e. The molecule has 0 amide bonds. The predicted molar refractivity (Wildman–Crippen MR) is 325 cm³/mol. The Morgan fingerprint density at radius 3 is 0.773 bits per heavy atom. The fraction of sp³-hybridized carbons (Fsp3) is 0.841. The Kier molecular flexibility index (Phi) is 61.7. The second-order valence-corrected chi connectivity index (χ2v) is 22.4. The maximum atomic E-state index is 12.9. The molecule has 1 atom stereocenters. The Morgan fingerprint density at radius 1 is 0.267 bits per heavy atom. The third-order valence-electron chi connectivity index (χ3n) is 14.8. The molecule has 0 radical (unpaired) electrons. The number of hydrogen-bond acceptors (Lipinski definition) is 6. The van der Waals surface area contributed by atoms with Crippen LogP contribution >= 0.6 is 0 Å². The molecule has 0 aliphatic carbocycles. The van der Waals surface area contributed by atoms with Crippen LogP contribution in [0.1, 0.15) is 355 Å². The lowest BCUT2D eigenvalue weighted by Gasteiger charge is -2.18. The molecule has 0 heterocycles. The second-order valence-electron chi connectivity index (χ2n) is 22.4. The number of allylic oxidation sites excluding steroid dienone is 8. The van der Waals surface area contributed by atoms with Crippen LogP contribution in [0.4, 0.5) is 0 Å². The van der Waals surface area contributed by atoms with Crippen LogP contribution in [0.3, 0.4) is 0 Å². The summed E-state index contributed by atoms with van der Waals surface area (Å²) in [6.07, 6.45) is 79.8. The molecule has 0 aromatic heterocycles. The maximum absolute atomic E-state index is 12.9. The summed E-state index contributed by atoms with van der Waals surface area (Å²) in [5, 5.41) is 0. The van der Waals surface area contributed by atoms with E-state index < -0.39 is 6.10 Å². The van der Waals surface area contributed by atoms with Gasteiger partial charge in [0.15, 0.2) is 6.10 Å². The molecule has 0 aliphatic rings. The van der Waals surface area contributed by atoms with Gasteiger partial charge in [-0.25, -0.2) is 0 Å². The first-order valence-corrected chi connectivity index (χ1v) is 33.1. The van der Waals surface area contributed by atoms with Crippen molar-refractivity contribution in [3.63, 3.8) is 0 Å². The molecule has 0 saturated carbocycles. The van der Waals surface area contributed by atoms with Gasteiger partial charge in [0.2, 0.25) is 0 Å². The van der Waals surface area contributed by atoms with Gasteiger partial charge in [-0.1, -0.05) is 307 Å². The van der Waals surface area contributed by atoms with Gasteiger partial charge in [0, 0.05) is 19.3 Å². The topological polar surface area (TPSA) is 78.9 Å². The molecule has 6 nitrogen and oxygen atoms in total. The second kappa shape index (κ2) is 63.9. The quantitative estimate of drug-likeness (QED) is 0.0261. The Bertz CT molecular complexity index is 1300. The van der Waals surface area contributed by atoms with Gasteiger partial charge in [0.05, 0.1) is 0 Å². The fourth-order valence-corrected chi connectivity index (χ4v) is 9.79. The zero-order valence-corrected chi connectivity index (χ0v) is 50.3. The highest BCUT2D eigenvalue weighted by Crippen LogP contribution is 2.18. The van der Waals surface area contributed by atoms with E-state index in [2.05, 4.69) is 69.4 Å². The van der Waals surface area contributed by atoms with E-state index in [4.69, 9.17) is 14.2 Å².